The second kappa shape index (κ2) is 10.7. The van der Waals surface area contributed by atoms with E-state index in [1.165, 1.54) is 15.5 Å². The number of fused-ring (bicyclic) bond motifs is 3. The van der Waals surface area contributed by atoms with Crippen LogP contribution in [0.5, 0.6) is 0 Å². The van der Waals surface area contributed by atoms with E-state index in [1.54, 1.807) is 11.3 Å². The molecule has 202 valence electrons. The summed E-state index contributed by atoms with van der Waals surface area (Å²) in [4.78, 5) is 19.7. The monoisotopic (exact) mass is 568 g/mol. The van der Waals surface area contributed by atoms with Crippen molar-refractivity contribution in [2.45, 2.75) is 0 Å². The largest absolute Gasteiger partial charge is 0.236 e. The number of hydrogen-bond acceptors (Lipinski definition) is 5. The third-order valence-corrected chi connectivity index (χ3v) is 8.72. The maximum absolute atomic E-state index is 4.95. The third kappa shape index (κ3) is 4.76. The summed E-state index contributed by atoms with van der Waals surface area (Å²) in [5.41, 5.74) is 7.29. The summed E-state index contributed by atoms with van der Waals surface area (Å²) in [6, 6.07) is 49.9. The number of aromatic nitrogens is 4. The highest BCUT2D eigenvalue weighted by atomic mass is 32.1. The van der Waals surface area contributed by atoms with Crippen LogP contribution in [0.2, 0.25) is 0 Å². The molecule has 0 N–H and O–H groups in total. The van der Waals surface area contributed by atoms with Gasteiger partial charge in [-0.05, 0) is 28.6 Å². The highest BCUT2D eigenvalue weighted by Crippen LogP contribution is 2.39. The van der Waals surface area contributed by atoms with Gasteiger partial charge in [0.1, 0.15) is 5.01 Å². The Kier molecular flexibility index (Phi) is 6.28. The van der Waals surface area contributed by atoms with E-state index in [9.17, 15) is 0 Å². The molecular formula is C38H24N4S. The molecule has 0 aliphatic rings. The minimum atomic E-state index is 0.646. The molecule has 2 heterocycles. The second-order valence-corrected chi connectivity index (χ2v) is 11.3. The van der Waals surface area contributed by atoms with E-state index in [1.807, 2.05) is 66.7 Å². The summed E-state index contributed by atoms with van der Waals surface area (Å²) in [7, 11) is 0. The first-order chi connectivity index (χ1) is 21.3. The van der Waals surface area contributed by atoms with E-state index in [0.29, 0.717) is 17.5 Å². The van der Waals surface area contributed by atoms with Crippen LogP contribution in [-0.4, -0.2) is 19.9 Å². The summed E-state index contributed by atoms with van der Waals surface area (Å²) in [5, 5.41) is 3.44. The van der Waals surface area contributed by atoms with E-state index < -0.39 is 0 Å². The van der Waals surface area contributed by atoms with Crippen molar-refractivity contribution in [3.63, 3.8) is 0 Å². The maximum Gasteiger partial charge on any atom is 0.164 e. The van der Waals surface area contributed by atoms with Gasteiger partial charge >= 0.3 is 0 Å². The molecule has 8 aromatic rings. The molecule has 43 heavy (non-hydrogen) atoms. The van der Waals surface area contributed by atoms with Gasteiger partial charge < -0.3 is 0 Å². The van der Waals surface area contributed by atoms with Gasteiger partial charge in [-0.2, -0.15) is 0 Å². The Hall–Kier alpha value is -5.52. The van der Waals surface area contributed by atoms with Crippen LogP contribution in [0, 0.1) is 0 Å². The minimum Gasteiger partial charge on any atom is -0.236 e. The van der Waals surface area contributed by atoms with Crippen molar-refractivity contribution in [2.75, 3.05) is 0 Å². The number of thiazole rings is 1. The predicted molar refractivity (Wildman–Crippen MR) is 178 cm³/mol. The van der Waals surface area contributed by atoms with Gasteiger partial charge in [0.25, 0.3) is 0 Å². The molecule has 2 aromatic heterocycles. The fourth-order valence-corrected chi connectivity index (χ4v) is 6.56. The predicted octanol–water partition coefficient (Wildman–Crippen LogP) is 9.97. The summed E-state index contributed by atoms with van der Waals surface area (Å²) in [5.74, 6) is 1.95. The van der Waals surface area contributed by atoms with E-state index in [2.05, 4.69) is 78.9 Å². The average molecular weight is 569 g/mol. The quantitative estimate of drug-likeness (QED) is 0.207. The standard InChI is InChI=1S/C38H24N4S/c1-4-12-25(13-5-1)35-40-36(26-14-6-2-7-15-26)42-37(41-35)29-19-10-18-28(24-29)30-20-11-21-32-31(30)22-23-33-34(32)43-38(39-33)27-16-8-3-9-17-27/h1-24H. The molecular weight excluding hydrogens is 545 g/mol. The SMILES string of the molecule is c1ccc(-c2nc(-c3ccccc3)nc(-c3cccc(-c4cccc5c4ccc4nc(-c6ccccc6)sc45)c3)n2)cc1. The zero-order valence-corrected chi connectivity index (χ0v) is 23.9. The Morgan fingerprint density at radius 2 is 0.907 bits per heavy atom. The van der Waals surface area contributed by atoms with Crippen molar-refractivity contribution < 1.29 is 0 Å². The molecule has 0 amide bonds. The van der Waals surface area contributed by atoms with Crippen LogP contribution < -0.4 is 0 Å². The summed E-state index contributed by atoms with van der Waals surface area (Å²) in [6.45, 7) is 0. The lowest BCUT2D eigenvalue weighted by atomic mass is 9.96. The molecule has 0 aliphatic heterocycles. The molecule has 5 heteroatoms. The van der Waals surface area contributed by atoms with E-state index in [4.69, 9.17) is 19.9 Å². The second-order valence-electron chi connectivity index (χ2n) is 10.3. The lowest BCUT2D eigenvalue weighted by molar-refractivity contribution is 1.07. The van der Waals surface area contributed by atoms with Gasteiger partial charge in [-0.25, -0.2) is 19.9 Å². The van der Waals surface area contributed by atoms with Crippen LogP contribution in [0.1, 0.15) is 0 Å². The van der Waals surface area contributed by atoms with Crippen LogP contribution in [0.4, 0.5) is 0 Å². The molecule has 0 saturated heterocycles. The van der Waals surface area contributed by atoms with Crippen molar-refractivity contribution in [1.29, 1.82) is 0 Å². The first kappa shape index (κ1) is 25.2. The number of benzene rings is 6. The van der Waals surface area contributed by atoms with E-state index >= 15 is 0 Å². The maximum atomic E-state index is 4.95. The molecule has 0 spiro atoms. The van der Waals surface area contributed by atoms with Crippen LogP contribution in [0.25, 0.3) is 76.9 Å². The lowest BCUT2D eigenvalue weighted by Gasteiger charge is -2.11. The molecule has 0 fully saturated rings. The highest BCUT2D eigenvalue weighted by Gasteiger charge is 2.15. The van der Waals surface area contributed by atoms with Gasteiger partial charge in [-0.15, -0.1) is 11.3 Å². The Balaban J connectivity index is 1.26. The topological polar surface area (TPSA) is 51.6 Å². The summed E-state index contributed by atoms with van der Waals surface area (Å²) < 4.78 is 1.20. The molecule has 0 saturated carbocycles. The molecule has 0 atom stereocenters. The van der Waals surface area contributed by atoms with Crippen LogP contribution >= 0.6 is 11.3 Å². The molecule has 8 rings (SSSR count). The zero-order valence-electron chi connectivity index (χ0n) is 23.1. The van der Waals surface area contributed by atoms with Crippen LogP contribution in [-0.2, 0) is 0 Å². The molecule has 0 radical (unpaired) electrons. The molecule has 0 aliphatic carbocycles. The number of rotatable bonds is 5. The first-order valence-corrected chi connectivity index (χ1v) is 15.0. The lowest BCUT2D eigenvalue weighted by Crippen LogP contribution is -2.00. The Bertz CT molecular complexity index is 2170. The van der Waals surface area contributed by atoms with E-state index in [0.717, 1.165) is 43.9 Å². The van der Waals surface area contributed by atoms with Crippen molar-refractivity contribution in [2.24, 2.45) is 0 Å². The molecule has 6 aromatic carbocycles. The summed E-state index contributed by atoms with van der Waals surface area (Å²) >= 11 is 1.74. The van der Waals surface area contributed by atoms with Gasteiger partial charge in [0.05, 0.1) is 10.2 Å². The van der Waals surface area contributed by atoms with Crippen molar-refractivity contribution in [3.05, 3.63) is 146 Å². The normalized spacial score (nSPS) is 11.3. The Labute approximate surface area is 253 Å². The fraction of sp³-hybridized carbons (Fsp3) is 0. The van der Waals surface area contributed by atoms with Crippen molar-refractivity contribution in [1.82, 2.24) is 19.9 Å². The van der Waals surface area contributed by atoms with Gasteiger partial charge in [0, 0.05) is 27.6 Å². The average Bonchev–Trinajstić information content (AvgIpc) is 3.54. The first-order valence-electron chi connectivity index (χ1n) is 14.2. The molecule has 0 bridgehead atoms. The van der Waals surface area contributed by atoms with Gasteiger partial charge in [0.2, 0.25) is 0 Å². The number of nitrogens with zero attached hydrogens (tertiary/aromatic N) is 4. The number of hydrogen-bond donors (Lipinski definition) is 0. The minimum absolute atomic E-state index is 0.646. The summed E-state index contributed by atoms with van der Waals surface area (Å²) in [6.07, 6.45) is 0. The Morgan fingerprint density at radius 3 is 1.56 bits per heavy atom. The van der Waals surface area contributed by atoms with Gasteiger partial charge in [-0.1, -0.05) is 133 Å². The third-order valence-electron chi connectivity index (χ3n) is 7.56. The smallest absolute Gasteiger partial charge is 0.164 e. The molecule has 4 nitrogen and oxygen atoms in total. The fourth-order valence-electron chi connectivity index (χ4n) is 5.46. The zero-order chi connectivity index (χ0) is 28.6. The molecule has 0 unspecified atom stereocenters. The van der Waals surface area contributed by atoms with Gasteiger partial charge in [0.15, 0.2) is 17.5 Å². The Morgan fingerprint density at radius 1 is 0.372 bits per heavy atom. The highest BCUT2D eigenvalue weighted by molar-refractivity contribution is 7.22. The van der Waals surface area contributed by atoms with Crippen molar-refractivity contribution in [3.8, 4) is 55.9 Å². The van der Waals surface area contributed by atoms with Crippen LogP contribution in [0.15, 0.2) is 146 Å². The van der Waals surface area contributed by atoms with Crippen LogP contribution in [0.3, 0.4) is 0 Å². The van der Waals surface area contributed by atoms with Gasteiger partial charge in [-0.3, -0.25) is 0 Å². The van der Waals surface area contributed by atoms with E-state index in [-0.39, 0.29) is 0 Å². The van der Waals surface area contributed by atoms with Crippen molar-refractivity contribution >= 4 is 32.3 Å².